The van der Waals surface area contributed by atoms with Gasteiger partial charge in [-0.15, -0.1) is 6.58 Å². The summed E-state index contributed by atoms with van der Waals surface area (Å²) < 4.78 is 19.2. The number of thiocarbonyl (C=S) groups is 1. The number of anilines is 2. The molecule has 0 spiro atoms. The highest BCUT2D eigenvalue weighted by molar-refractivity contribution is 7.80. The van der Waals surface area contributed by atoms with Gasteiger partial charge in [-0.25, -0.2) is 4.39 Å². The zero-order valence-electron chi connectivity index (χ0n) is 17.2. The molecule has 162 valence electrons. The Kier molecular flexibility index (Phi) is 7.36. The molecular formula is C23H24FN3O3S. The zero-order chi connectivity index (χ0) is 22.4. The first-order valence-electron chi connectivity index (χ1n) is 9.98. The second kappa shape index (κ2) is 10.2. The van der Waals surface area contributed by atoms with Crippen LogP contribution in [-0.4, -0.2) is 41.0 Å². The van der Waals surface area contributed by atoms with Crippen LogP contribution < -0.4 is 15.0 Å². The lowest BCUT2D eigenvalue weighted by atomic mass is 10.1. The number of hydrogen-bond donors (Lipinski definition) is 1. The van der Waals surface area contributed by atoms with Crippen molar-refractivity contribution in [3.63, 3.8) is 0 Å². The van der Waals surface area contributed by atoms with E-state index in [0.717, 1.165) is 12.2 Å². The molecule has 6 nitrogen and oxygen atoms in total. The third-order valence-corrected chi connectivity index (χ3v) is 5.12. The molecular weight excluding hydrogens is 417 g/mol. The lowest BCUT2D eigenvalue weighted by Crippen LogP contribution is -2.37. The molecule has 2 aromatic rings. The topological polar surface area (TPSA) is 61.9 Å². The van der Waals surface area contributed by atoms with E-state index in [1.165, 1.54) is 23.1 Å². The van der Waals surface area contributed by atoms with Gasteiger partial charge in [0.2, 0.25) is 5.91 Å². The highest BCUT2D eigenvalue weighted by Crippen LogP contribution is 2.28. The summed E-state index contributed by atoms with van der Waals surface area (Å²) in [6.07, 6.45) is 2.41. The highest BCUT2D eigenvalue weighted by Gasteiger charge is 2.43. The van der Waals surface area contributed by atoms with Crippen LogP contribution in [0.25, 0.3) is 0 Å². The molecule has 1 fully saturated rings. The fraction of sp³-hybridized carbons (Fsp3) is 0.261. The normalized spacial score (nSPS) is 15.9. The molecule has 2 aromatic carbocycles. The molecule has 0 bridgehead atoms. The number of ether oxygens (including phenoxy) is 1. The van der Waals surface area contributed by atoms with E-state index in [1.807, 2.05) is 6.92 Å². The molecule has 1 atom stereocenters. The van der Waals surface area contributed by atoms with Gasteiger partial charge in [-0.05, 0) is 61.1 Å². The van der Waals surface area contributed by atoms with Gasteiger partial charge in [0.1, 0.15) is 17.6 Å². The maximum atomic E-state index is 13.7. The summed E-state index contributed by atoms with van der Waals surface area (Å²) in [5.41, 5.74) is 0.925. The zero-order valence-corrected chi connectivity index (χ0v) is 18.0. The number of carbonyl (C=O) groups is 2. The second-order valence-corrected chi connectivity index (χ2v) is 7.38. The van der Waals surface area contributed by atoms with Crippen molar-refractivity contribution in [1.29, 1.82) is 0 Å². The molecule has 1 aliphatic rings. The van der Waals surface area contributed by atoms with Crippen molar-refractivity contribution in [2.75, 3.05) is 23.4 Å². The maximum Gasteiger partial charge on any atom is 0.256 e. The summed E-state index contributed by atoms with van der Waals surface area (Å²) in [5, 5.41) is 3.01. The molecule has 31 heavy (non-hydrogen) atoms. The largest absolute Gasteiger partial charge is 0.494 e. The number of carbonyl (C=O) groups excluding carboxylic acids is 2. The van der Waals surface area contributed by atoms with E-state index in [0.29, 0.717) is 18.0 Å². The molecule has 0 saturated carbocycles. The lowest BCUT2D eigenvalue weighted by molar-refractivity contribution is -0.124. The van der Waals surface area contributed by atoms with Crippen LogP contribution in [0.5, 0.6) is 5.75 Å². The van der Waals surface area contributed by atoms with Gasteiger partial charge in [-0.1, -0.05) is 19.1 Å². The quantitative estimate of drug-likeness (QED) is 0.468. The number of amides is 2. The van der Waals surface area contributed by atoms with E-state index in [1.54, 1.807) is 41.3 Å². The number of halogens is 1. The Morgan fingerprint density at radius 1 is 1.29 bits per heavy atom. The molecule has 1 N–H and O–H groups in total. The van der Waals surface area contributed by atoms with Crippen molar-refractivity contribution in [3.05, 3.63) is 67.0 Å². The van der Waals surface area contributed by atoms with Crippen molar-refractivity contribution < 1.29 is 18.7 Å². The Bertz CT molecular complexity index is 980. The molecule has 1 aliphatic heterocycles. The van der Waals surface area contributed by atoms with Crippen LogP contribution in [0.4, 0.5) is 15.8 Å². The van der Waals surface area contributed by atoms with Crippen LogP contribution >= 0.6 is 12.2 Å². The third-order valence-electron chi connectivity index (χ3n) is 4.70. The molecule has 3 rings (SSSR count). The summed E-state index contributed by atoms with van der Waals surface area (Å²) in [5.74, 6) is -0.468. The lowest BCUT2D eigenvalue weighted by Gasteiger charge is -2.22. The SMILES string of the molecule is C=CCN1C(=S)N(c2cccc(F)c2)C(=O)[C@@H]1CC(=O)Nc1ccc(OCCC)cc1. The van der Waals surface area contributed by atoms with E-state index >= 15 is 0 Å². The predicted octanol–water partition coefficient (Wildman–Crippen LogP) is 4.13. The molecule has 0 radical (unpaired) electrons. The van der Waals surface area contributed by atoms with E-state index in [9.17, 15) is 14.0 Å². The predicted molar refractivity (Wildman–Crippen MR) is 123 cm³/mol. The van der Waals surface area contributed by atoms with Gasteiger partial charge < -0.3 is 15.0 Å². The number of nitrogens with zero attached hydrogens (tertiary/aromatic N) is 2. The monoisotopic (exact) mass is 441 g/mol. The Hall–Kier alpha value is -3.26. The van der Waals surface area contributed by atoms with Crippen LogP contribution in [0, 0.1) is 5.82 Å². The average Bonchev–Trinajstić information content (AvgIpc) is 2.97. The molecule has 1 saturated heterocycles. The average molecular weight is 442 g/mol. The minimum Gasteiger partial charge on any atom is -0.494 e. The summed E-state index contributed by atoms with van der Waals surface area (Å²) in [4.78, 5) is 28.6. The first kappa shape index (κ1) is 22.4. The maximum absolute atomic E-state index is 13.7. The molecule has 2 amide bonds. The van der Waals surface area contributed by atoms with Crippen LogP contribution in [0.2, 0.25) is 0 Å². The van der Waals surface area contributed by atoms with Gasteiger partial charge in [-0.2, -0.15) is 0 Å². The van der Waals surface area contributed by atoms with E-state index in [2.05, 4.69) is 11.9 Å². The van der Waals surface area contributed by atoms with Gasteiger partial charge >= 0.3 is 0 Å². The molecule has 1 heterocycles. The Morgan fingerprint density at radius 3 is 2.68 bits per heavy atom. The fourth-order valence-electron chi connectivity index (χ4n) is 3.28. The van der Waals surface area contributed by atoms with Crippen LogP contribution in [0.15, 0.2) is 61.2 Å². The smallest absolute Gasteiger partial charge is 0.256 e. The standard InChI is InChI=1S/C23H24FN3O3S/c1-3-12-26-20(22(29)27(23(26)31)18-7-5-6-16(24)14-18)15-21(28)25-17-8-10-19(11-9-17)30-13-4-2/h3,5-11,14,20H,1,4,12-13,15H2,2H3,(H,25,28)/t20-/m0/s1. The summed E-state index contributed by atoms with van der Waals surface area (Å²) in [7, 11) is 0. The van der Waals surface area contributed by atoms with Crippen molar-refractivity contribution in [2.24, 2.45) is 0 Å². The minimum atomic E-state index is -0.805. The van der Waals surface area contributed by atoms with Gasteiger partial charge in [0, 0.05) is 12.2 Å². The van der Waals surface area contributed by atoms with Crippen molar-refractivity contribution in [2.45, 2.75) is 25.8 Å². The minimum absolute atomic E-state index is 0.104. The summed E-state index contributed by atoms with van der Waals surface area (Å²) >= 11 is 5.45. The van der Waals surface area contributed by atoms with Crippen LogP contribution in [0.3, 0.4) is 0 Å². The second-order valence-electron chi connectivity index (χ2n) is 7.02. The highest BCUT2D eigenvalue weighted by atomic mass is 32.1. The molecule has 0 unspecified atom stereocenters. The number of hydrogen-bond acceptors (Lipinski definition) is 4. The van der Waals surface area contributed by atoms with Crippen molar-refractivity contribution >= 4 is 40.5 Å². The number of benzene rings is 2. The van der Waals surface area contributed by atoms with Crippen molar-refractivity contribution in [1.82, 2.24) is 4.90 Å². The van der Waals surface area contributed by atoms with Gasteiger partial charge in [0.05, 0.1) is 18.7 Å². The van der Waals surface area contributed by atoms with Crippen molar-refractivity contribution in [3.8, 4) is 5.75 Å². The Balaban J connectivity index is 1.72. The fourth-order valence-corrected chi connectivity index (χ4v) is 3.67. The van der Waals surface area contributed by atoms with Crippen LogP contribution in [0.1, 0.15) is 19.8 Å². The first-order chi connectivity index (χ1) is 14.9. The number of rotatable bonds is 9. The molecule has 0 aromatic heterocycles. The van der Waals surface area contributed by atoms with E-state index < -0.39 is 11.9 Å². The number of nitrogens with one attached hydrogen (secondary N) is 1. The molecule has 0 aliphatic carbocycles. The summed E-state index contributed by atoms with van der Waals surface area (Å²) in [6, 6.07) is 11.9. The van der Waals surface area contributed by atoms with Gasteiger partial charge in [0.15, 0.2) is 5.11 Å². The Morgan fingerprint density at radius 2 is 2.03 bits per heavy atom. The van der Waals surface area contributed by atoms with E-state index in [-0.39, 0.29) is 29.9 Å². The van der Waals surface area contributed by atoms with Crippen LogP contribution in [-0.2, 0) is 9.59 Å². The molecule has 8 heteroatoms. The first-order valence-corrected chi connectivity index (χ1v) is 10.4. The van der Waals surface area contributed by atoms with E-state index in [4.69, 9.17) is 17.0 Å². The third kappa shape index (κ3) is 5.27. The summed E-state index contributed by atoms with van der Waals surface area (Å²) in [6.45, 7) is 6.64. The van der Waals surface area contributed by atoms with Gasteiger partial charge in [-0.3, -0.25) is 14.5 Å². The van der Waals surface area contributed by atoms with Gasteiger partial charge in [0.25, 0.3) is 5.91 Å². The Labute approximate surface area is 186 Å².